The molecule has 2 aliphatic rings. The number of nitrogens with zero attached hydrogens (tertiary/aromatic N) is 3. The summed E-state index contributed by atoms with van der Waals surface area (Å²) < 4.78 is 28.6. The van der Waals surface area contributed by atoms with E-state index in [0.29, 0.717) is 6.54 Å². The third kappa shape index (κ3) is 4.29. The van der Waals surface area contributed by atoms with Crippen LogP contribution >= 0.6 is 0 Å². The van der Waals surface area contributed by atoms with Gasteiger partial charge in [-0.05, 0) is 55.3 Å². The molecule has 1 fully saturated rings. The number of hydrogen-bond acceptors (Lipinski definition) is 4. The maximum Gasteiger partial charge on any atom is 0.260 e. The van der Waals surface area contributed by atoms with Gasteiger partial charge in [-0.1, -0.05) is 48.5 Å². The van der Waals surface area contributed by atoms with Crippen molar-refractivity contribution >= 4 is 37.3 Å². The van der Waals surface area contributed by atoms with Gasteiger partial charge in [0.2, 0.25) is 0 Å². The number of aromatic amines is 1. The number of para-hydroxylation sites is 1. The average Bonchev–Trinajstić information content (AvgIpc) is 3.55. The predicted molar refractivity (Wildman–Crippen MR) is 141 cm³/mol. The number of H-pyrrole nitrogens is 1. The first kappa shape index (κ1) is 22.5. The van der Waals surface area contributed by atoms with Crippen LogP contribution in [0.5, 0.6) is 0 Å². The summed E-state index contributed by atoms with van der Waals surface area (Å²) in [5.41, 5.74) is 3.87. The van der Waals surface area contributed by atoms with Crippen LogP contribution < -0.4 is 0 Å². The molecule has 0 aliphatic carbocycles. The molecule has 1 N–H and O–H groups in total. The van der Waals surface area contributed by atoms with Crippen molar-refractivity contribution in [2.75, 3.05) is 26.2 Å². The molecule has 0 spiro atoms. The van der Waals surface area contributed by atoms with Crippen LogP contribution in [0, 0.1) is 0 Å². The van der Waals surface area contributed by atoms with Crippen LogP contribution in [0.15, 0.2) is 78.1 Å². The Morgan fingerprint density at radius 2 is 1.86 bits per heavy atom. The molecule has 6 rings (SSSR count). The van der Waals surface area contributed by atoms with Gasteiger partial charge in [0.1, 0.15) is 0 Å². The number of benzene rings is 2. The van der Waals surface area contributed by atoms with E-state index in [-0.39, 0.29) is 11.1 Å². The number of hydrogen-bond donors (Lipinski definition) is 1. The Morgan fingerprint density at radius 3 is 2.71 bits per heavy atom. The highest BCUT2D eigenvalue weighted by Gasteiger charge is 2.36. The Morgan fingerprint density at radius 1 is 1.03 bits per heavy atom. The van der Waals surface area contributed by atoms with Crippen molar-refractivity contribution in [3.05, 3.63) is 78.6 Å². The fraction of sp³-hybridized carbons (Fsp3) is 0.321. The van der Waals surface area contributed by atoms with Gasteiger partial charge in [0.15, 0.2) is 5.03 Å². The maximum atomic E-state index is 13.5. The lowest BCUT2D eigenvalue weighted by Crippen LogP contribution is -2.39. The van der Waals surface area contributed by atoms with E-state index in [9.17, 15) is 8.42 Å². The molecule has 1 atom stereocenters. The second-order valence-corrected chi connectivity index (χ2v) is 11.4. The molecule has 7 heteroatoms. The van der Waals surface area contributed by atoms with Crippen molar-refractivity contribution in [1.29, 1.82) is 0 Å². The van der Waals surface area contributed by atoms with Gasteiger partial charge < -0.3 is 4.98 Å². The van der Waals surface area contributed by atoms with Crippen LogP contribution in [-0.2, 0) is 10.0 Å². The summed E-state index contributed by atoms with van der Waals surface area (Å²) in [6, 6.07) is 17.9. The largest absolute Gasteiger partial charge is 0.361 e. The fourth-order valence-electron chi connectivity index (χ4n) is 5.57. The third-order valence-corrected chi connectivity index (χ3v) is 9.36. The maximum absolute atomic E-state index is 13.5. The van der Waals surface area contributed by atoms with Crippen LogP contribution in [0.2, 0.25) is 0 Å². The highest BCUT2D eigenvalue weighted by molar-refractivity contribution is 7.89. The van der Waals surface area contributed by atoms with Crippen LogP contribution in [0.1, 0.15) is 31.2 Å². The van der Waals surface area contributed by atoms with Crippen LogP contribution in [0.4, 0.5) is 0 Å². The van der Waals surface area contributed by atoms with E-state index in [2.05, 4.69) is 51.4 Å². The van der Waals surface area contributed by atoms with E-state index in [1.807, 2.05) is 24.3 Å². The highest BCUT2D eigenvalue weighted by atomic mass is 32.2. The zero-order valence-corrected chi connectivity index (χ0v) is 20.5. The first-order valence-corrected chi connectivity index (χ1v) is 13.9. The minimum Gasteiger partial charge on any atom is -0.361 e. The number of nitrogens with one attached hydrogen (secondary N) is 1. The second kappa shape index (κ2) is 9.22. The van der Waals surface area contributed by atoms with Gasteiger partial charge in [-0.2, -0.15) is 4.31 Å². The minimum atomic E-state index is -3.60. The number of rotatable bonds is 6. The summed E-state index contributed by atoms with van der Waals surface area (Å²) in [4.78, 5) is 10.1. The zero-order valence-electron chi connectivity index (χ0n) is 19.7. The predicted octanol–water partition coefficient (Wildman–Crippen LogP) is 5.05. The molecule has 0 amide bonds. The van der Waals surface area contributed by atoms with Crippen LogP contribution in [-0.4, -0.2) is 59.8 Å². The number of aromatic nitrogens is 2. The Hall–Kier alpha value is -3.00. The molecule has 6 nitrogen and oxygen atoms in total. The lowest BCUT2D eigenvalue weighted by molar-refractivity contribution is 0.262. The van der Waals surface area contributed by atoms with Gasteiger partial charge in [-0.25, -0.2) is 13.4 Å². The summed E-state index contributed by atoms with van der Waals surface area (Å²) in [5.74, 6) is 0. The van der Waals surface area contributed by atoms with E-state index >= 15 is 0 Å². The average molecular weight is 487 g/mol. The molecule has 4 heterocycles. The Balaban J connectivity index is 1.12. The van der Waals surface area contributed by atoms with Gasteiger partial charge in [0.05, 0.1) is 0 Å². The van der Waals surface area contributed by atoms with E-state index in [0.717, 1.165) is 56.1 Å². The second-order valence-electron chi connectivity index (χ2n) is 9.60. The third-order valence-electron chi connectivity index (χ3n) is 7.51. The topological polar surface area (TPSA) is 69.3 Å². The van der Waals surface area contributed by atoms with Gasteiger partial charge in [0.25, 0.3) is 10.0 Å². The van der Waals surface area contributed by atoms with Crippen molar-refractivity contribution in [2.24, 2.45) is 0 Å². The van der Waals surface area contributed by atoms with Gasteiger partial charge in [0, 0.05) is 59.9 Å². The summed E-state index contributed by atoms with van der Waals surface area (Å²) in [7, 11) is -3.60. The molecular weight excluding hydrogens is 456 g/mol. The molecule has 0 radical (unpaired) electrons. The van der Waals surface area contributed by atoms with Gasteiger partial charge in [-0.15, -0.1) is 0 Å². The van der Waals surface area contributed by atoms with Crippen LogP contribution in [0.3, 0.4) is 0 Å². The summed E-state index contributed by atoms with van der Waals surface area (Å²) >= 11 is 0. The zero-order chi connectivity index (χ0) is 23.8. The number of sulfonamides is 1. The summed E-state index contributed by atoms with van der Waals surface area (Å²) in [6.07, 6.45) is 9.80. The normalized spacial score (nSPS) is 20.0. The van der Waals surface area contributed by atoms with Crippen molar-refractivity contribution in [3.63, 3.8) is 0 Å². The smallest absolute Gasteiger partial charge is 0.260 e. The Bertz CT molecular complexity index is 1510. The molecule has 2 aliphatic heterocycles. The van der Waals surface area contributed by atoms with Crippen molar-refractivity contribution in [2.45, 2.75) is 36.8 Å². The van der Waals surface area contributed by atoms with E-state index in [1.165, 1.54) is 22.0 Å². The first-order chi connectivity index (χ1) is 17.1. The van der Waals surface area contributed by atoms with Crippen molar-refractivity contribution < 1.29 is 8.42 Å². The first-order valence-electron chi connectivity index (χ1n) is 12.4. The monoisotopic (exact) mass is 486 g/mol. The summed E-state index contributed by atoms with van der Waals surface area (Å²) in [5, 5.41) is 3.30. The van der Waals surface area contributed by atoms with Gasteiger partial charge >= 0.3 is 0 Å². The van der Waals surface area contributed by atoms with Crippen LogP contribution in [0.25, 0.3) is 27.2 Å². The molecule has 2 aromatic carbocycles. The molecule has 0 unspecified atom stereocenters. The number of fused-ring (bicyclic) bond motifs is 2. The van der Waals surface area contributed by atoms with E-state index in [1.54, 1.807) is 16.6 Å². The lowest BCUT2D eigenvalue weighted by atomic mass is 9.98. The highest BCUT2D eigenvalue weighted by Crippen LogP contribution is 2.31. The lowest BCUT2D eigenvalue weighted by Gasteiger charge is -2.29. The number of pyridine rings is 1. The summed E-state index contributed by atoms with van der Waals surface area (Å²) in [6.45, 7) is 3.38. The molecule has 1 saturated heterocycles. The Kier molecular flexibility index (Phi) is 5.92. The molecule has 2 aromatic heterocycles. The molecule has 4 aromatic rings. The van der Waals surface area contributed by atoms with E-state index < -0.39 is 10.0 Å². The molecule has 0 saturated carbocycles. The molecule has 0 bridgehead atoms. The molecule has 35 heavy (non-hydrogen) atoms. The fourth-order valence-corrected chi connectivity index (χ4v) is 7.24. The standard InChI is InChI=1S/C28H30N4O2S/c33-35(34,28-18-22-6-1-2-7-23(22)19-30-28)32-14-5-8-24(32)13-17-31-15-11-21(12-16-31)26-20-29-27-10-4-3-9-25(26)27/h1-4,6-7,9-11,18-20,24,29H,5,8,12-17H2/t24-/m0/s1. The minimum absolute atomic E-state index is 0.0345. The molecular formula is C28H30N4O2S. The van der Waals surface area contributed by atoms with E-state index in [4.69, 9.17) is 0 Å². The van der Waals surface area contributed by atoms with Gasteiger partial charge in [-0.3, -0.25) is 4.90 Å². The molecule has 180 valence electrons. The van der Waals surface area contributed by atoms with Crippen molar-refractivity contribution in [3.8, 4) is 0 Å². The quantitative estimate of drug-likeness (QED) is 0.414. The van der Waals surface area contributed by atoms with Crippen molar-refractivity contribution in [1.82, 2.24) is 19.2 Å². The SMILES string of the molecule is O=S(=O)(c1cc2ccccc2cn1)N1CCC[C@H]1CCN1CC=C(c2c[nH]c3ccccc23)CC1. The Labute approximate surface area is 206 Å².